The summed E-state index contributed by atoms with van der Waals surface area (Å²) in [5.41, 5.74) is 3.80. The van der Waals surface area contributed by atoms with E-state index < -0.39 is 35.5 Å². The van der Waals surface area contributed by atoms with E-state index in [0.29, 0.717) is 0 Å². The van der Waals surface area contributed by atoms with Gasteiger partial charge in [-0.25, -0.2) is 9.59 Å². The summed E-state index contributed by atoms with van der Waals surface area (Å²) in [6, 6.07) is 14.1. The molecule has 2 amide bonds. The third-order valence-corrected chi connectivity index (χ3v) is 5.76. The lowest BCUT2D eigenvalue weighted by atomic mass is 9.86. The Labute approximate surface area is 188 Å². The first kappa shape index (κ1) is 23.3. The second-order valence-corrected chi connectivity index (χ2v) is 9.08. The van der Waals surface area contributed by atoms with Gasteiger partial charge in [-0.3, -0.25) is 4.79 Å². The van der Waals surface area contributed by atoms with Crippen molar-refractivity contribution in [2.75, 3.05) is 6.61 Å². The van der Waals surface area contributed by atoms with Crippen LogP contribution in [-0.2, 0) is 14.3 Å². The van der Waals surface area contributed by atoms with Crippen LogP contribution in [0.25, 0.3) is 11.1 Å². The van der Waals surface area contributed by atoms with E-state index in [-0.39, 0.29) is 18.9 Å². The Kier molecular flexibility index (Phi) is 6.87. The van der Waals surface area contributed by atoms with Crippen LogP contribution >= 0.6 is 0 Å². The van der Waals surface area contributed by atoms with Crippen LogP contribution < -0.4 is 10.6 Å². The quantitative estimate of drug-likeness (QED) is 0.608. The van der Waals surface area contributed by atoms with E-state index in [4.69, 9.17) is 4.74 Å². The number of hydrogen-bond acceptors (Lipinski definition) is 4. The lowest BCUT2D eigenvalue weighted by Crippen LogP contribution is -2.56. The van der Waals surface area contributed by atoms with Gasteiger partial charge in [0.1, 0.15) is 18.7 Å². The summed E-state index contributed by atoms with van der Waals surface area (Å²) in [6.45, 7) is 7.18. The van der Waals surface area contributed by atoms with Gasteiger partial charge in [0.05, 0.1) is 0 Å². The second-order valence-electron chi connectivity index (χ2n) is 9.08. The number of ether oxygens (including phenoxy) is 1. The first-order valence-electron chi connectivity index (χ1n) is 10.8. The van der Waals surface area contributed by atoms with Crippen molar-refractivity contribution in [1.82, 2.24) is 10.6 Å². The van der Waals surface area contributed by atoms with Gasteiger partial charge in [0, 0.05) is 5.92 Å². The van der Waals surface area contributed by atoms with Crippen molar-refractivity contribution in [3.05, 3.63) is 59.7 Å². The fourth-order valence-electron chi connectivity index (χ4n) is 4.03. The minimum Gasteiger partial charge on any atom is -0.480 e. The fourth-order valence-corrected chi connectivity index (χ4v) is 4.03. The van der Waals surface area contributed by atoms with Gasteiger partial charge in [-0.1, -0.05) is 76.2 Å². The highest BCUT2D eigenvalue weighted by Gasteiger charge is 2.36. The number of amides is 2. The molecule has 0 saturated carbocycles. The number of hydrogen-bond donors (Lipinski definition) is 3. The third kappa shape index (κ3) is 4.93. The molecule has 0 spiro atoms. The molecule has 0 radical (unpaired) electrons. The van der Waals surface area contributed by atoms with Crippen molar-refractivity contribution in [2.45, 2.75) is 52.1 Å². The fraction of sp³-hybridized carbons (Fsp3) is 0.400. The Morgan fingerprint density at radius 3 is 1.97 bits per heavy atom. The molecule has 1 aliphatic carbocycles. The van der Waals surface area contributed by atoms with Crippen molar-refractivity contribution in [3.63, 3.8) is 0 Å². The normalized spacial score (nSPS) is 14.6. The largest absolute Gasteiger partial charge is 0.480 e. The number of nitrogens with one attached hydrogen (secondary N) is 2. The molecular formula is C25H30N2O5. The molecule has 7 heteroatoms. The number of benzene rings is 2. The van der Waals surface area contributed by atoms with Crippen molar-refractivity contribution < 1.29 is 24.2 Å². The number of carbonyl (C=O) groups is 3. The minimum atomic E-state index is -1.12. The monoisotopic (exact) mass is 438 g/mol. The van der Waals surface area contributed by atoms with Crippen LogP contribution in [0.4, 0.5) is 4.79 Å². The van der Waals surface area contributed by atoms with Crippen LogP contribution in [0.5, 0.6) is 0 Å². The molecule has 0 aliphatic heterocycles. The molecule has 2 atom stereocenters. The number of carbonyl (C=O) groups excluding carboxylic acids is 2. The van der Waals surface area contributed by atoms with E-state index in [1.165, 1.54) is 0 Å². The van der Waals surface area contributed by atoms with Gasteiger partial charge in [0.25, 0.3) is 0 Å². The summed E-state index contributed by atoms with van der Waals surface area (Å²) in [5.74, 6) is -1.76. The van der Waals surface area contributed by atoms with Gasteiger partial charge >= 0.3 is 12.1 Å². The number of rotatable bonds is 7. The van der Waals surface area contributed by atoms with Crippen LogP contribution in [-0.4, -0.2) is 41.8 Å². The molecule has 2 aromatic rings. The molecular weight excluding hydrogens is 408 g/mol. The molecule has 3 rings (SSSR count). The van der Waals surface area contributed by atoms with E-state index >= 15 is 0 Å². The number of carboxylic acids is 1. The second kappa shape index (κ2) is 9.42. The van der Waals surface area contributed by atoms with E-state index in [2.05, 4.69) is 22.8 Å². The van der Waals surface area contributed by atoms with Gasteiger partial charge in [-0.2, -0.15) is 0 Å². The highest BCUT2D eigenvalue weighted by molar-refractivity contribution is 5.89. The molecule has 0 bridgehead atoms. The topological polar surface area (TPSA) is 105 Å². The van der Waals surface area contributed by atoms with Crippen molar-refractivity contribution >= 4 is 18.0 Å². The molecule has 170 valence electrons. The van der Waals surface area contributed by atoms with Crippen molar-refractivity contribution in [3.8, 4) is 11.1 Å². The predicted molar refractivity (Wildman–Crippen MR) is 121 cm³/mol. The summed E-state index contributed by atoms with van der Waals surface area (Å²) >= 11 is 0. The Balaban J connectivity index is 1.70. The summed E-state index contributed by atoms with van der Waals surface area (Å²) in [5, 5.41) is 14.4. The van der Waals surface area contributed by atoms with E-state index in [1.807, 2.05) is 36.4 Å². The number of fused-ring (bicyclic) bond motifs is 3. The number of carboxylic acid groups (broad SMARTS) is 1. The van der Waals surface area contributed by atoms with Crippen molar-refractivity contribution in [2.24, 2.45) is 5.41 Å². The van der Waals surface area contributed by atoms with E-state index in [1.54, 1.807) is 27.7 Å². The zero-order valence-electron chi connectivity index (χ0n) is 18.8. The molecule has 0 aromatic heterocycles. The van der Waals surface area contributed by atoms with E-state index in [0.717, 1.165) is 22.3 Å². The smallest absolute Gasteiger partial charge is 0.407 e. The third-order valence-electron chi connectivity index (χ3n) is 5.76. The molecule has 1 aliphatic rings. The Hall–Kier alpha value is -3.35. The average molecular weight is 439 g/mol. The van der Waals surface area contributed by atoms with Gasteiger partial charge in [0.2, 0.25) is 5.91 Å². The lowest BCUT2D eigenvalue weighted by molar-refractivity contribution is -0.142. The maximum Gasteiger partial charge on any atom is 0.407 e. The van der Waals surface area contributed by atoms with Gasteiger partial charge in [0.15, 0.2) is 0 Å². The van der Waals surface area contributed by atoms with E-state index in [9.17, 15) is 19.5 Å². The van der Waals surface area contributed by atoms with Gasteiger partial charge in [-0.15, -0.1) is 0 Å². The first-order chi connectivity index (χ1) is 15.1. The standard InChI is InChI=1S/C25H30N2O5/c1-5-20(23(29)30)26-22(28)21(25(2,3)4)27-24(31)32-14-19-17-12-8-6-10-15(17)16-11-7-9-13-18(16)19/h6-13,19-21H,5,14H2,1-4H3,(H,26,28)(H,27,31)(H,29,30)/t20-,21?/m1/s1. The number of aliphatic carboxylic acids is 1. The number of alkyl carbamates (subject to hydrolysis) is 1. The first-order valence-corrected chi connectivity index (χ1v) is 10.8. The Bertz CT molecular complexity index is 966. The summed E-state index contributed by atoms with van der Waals surface area (Å²) in [4.78, 5) is 36.7. The molecule has 0 heterocycles. The summed E-state index contributed by atoms with van der Waals surface area (Å²) in [6.07, 6.45) is -0.478. The SMILES string of the molecule is CC[C@@H](NC(=O)C(NC(=O)OCC1c2ccccc2-c2ccccc21)C(C)(C)C)C(=O)O. The zero-order valence-corrected chi connectivity index (χ0v) is 18.8. The van der Waals surface area contributed by atoms with Crippen LogP contribution in [0.15, 0.2) is 48.5 Å². The molecule has 32 heavy (non-hydrogen) atoms. The van der Waals surface area contributed by atoms with Crippen LogP contribution in [0.3, 0.4) is 0 Å². The molecule has 0 fully saturated rings. The van der Waals surface area contributed by atoms with Crippen LogP contribution in [0, 0.1) is 5.41 Å². The zero-order chi connectivity index (χ0) is 23.5. The van der Waals surface area contributed by atoms with Gasteiger partial charge < -0.3 is 20.5 Å². The molecule has 0 saturated heterocycles. The minimum absolute atomic E-state index is 0.0912. The molecule has 3 N–H and O–H groups in total. The van der Waals surface area contributed by atoms with Crippen LogP contribution in [0.1, 0.15) is 51.2 Å². The molecule has 1 unspecified atom stereocenters. The van der Waals surface area contributed by atoms with Crippen LogP contribution in [0.2, 0.25) is 0 Å². The maximum atomic E-state index is 12.7. The van der Waals surface area contributed by atoms with Crippen molar-refractivity contribution in [1.29, 1.82) is 0 Å². The maximum absolute atomic E-state index is 12.7. The Morgan fingerprint density at radius 2 is 1.50 bits per heavy atom. The average Bonchev–Trinajstić information content (AvgIpc) is 3.07. The highest BCUT2D eigenvalue weighted by Crippen LogP contribution is 2.44. The Morgan fingerprint density at radius 1 is 0.969 bits per heavy atom. The highest BCUT2D eigenvalue weighted by atomic mass is 16.5. The predicted octanol–water partition coefficient (Wildman–Crippen LogP) is 3.92. The molecule has 7 nitrogen and oxygen atoms in total. The molecule has 2 aromatic carbocycles. The summed E-state index contributed by atoms with van der Waals surface area (Å²) < 4.78 is 5.55. The lowest BCUT2D eigenvalue weighted by Gasteiger charge is -2.31. The summed E-state index contributed by atoms with van der Waals surface area (Å²) in [7, 11) is 0. The van der Waals surface area contributed by atoms with Gasteiger partial charge in [-0.05, 0) is 34.1 Å².